The van der Waals surface area contributed by atoms with Gasteiger partial charge in [0.2, 0.25) is 11.0 Å². The van der Waals surface area contributed by atoms with Gasteiger partial charge in [-0.2, -0.15) is 0 Å². The molecular weight excluding hydrogens is 500 g/mol. The summed E-state index contributed by atoms with van der Waals surface area (Å²) >= 11 is 2.78. The van der Waals surface area contributed by atoms with Crippen molar-refractivity contribution in [2.24, 2.45) is 0 Å². The van der Waals surface area contributed by atoms with Gasteiger partial charge in [0.25, 0.3) is 0 Å². The maximum absolute atomic E-state index is 12.8. The van der Waals surface area contributed by atoms with Gasteiger partial charge in [0.05, 0.1) is 11.8 Å². The van der Waals surface area contributed by atoms with E-state index < -0.39 is 0 Å². The van der Waals surface area contributed by atoms with Crippen molar-refractivity contribution in [1.29, 1.82) is 0 Å². The molecule has 0 bridgehead atoms. The maximum atomic E-state index is 12.8. The third-order valence-corrected chi connectivity index (χ3v) is 7.36. The molecule has 0 radical (unpaired) electrons. The topological polar surface area (TPSA) is 76.1 Å². The summed E-state index contributed by atoms with van der Waals surface area (Å²) in [5.41, 5.74) is 2.95. The van der Waals surface area contributed by atoms with Crippen LogP contribution in [0.1, 0.15) is 17.2 Å². The van der Waals surface area contributed by atoms with Crippen LogP contribution in [0.15, 0.2) is 120 Å². The van der Waals surface area contributed by atoms with Crippen LogP contribution in [0.25, 0.3) is 0 Å². The Balaban J connectivity index is 1.15. The summed E-state index contributed by atoms with van der Waals surface area (Å²) in [5.74, 6) is 1.72. The Morgan fingerprint density at radius 2 is 1.32 bits per heavy atom. The lowest BCUT2D eigenvalue weighted by molar-refractivity contribution is -0.119. The number of aromatic nitrogens is 2. The second kappa shape index (κ2) is 12.2. The molecule has 37 heavy (non-hydrogen) atoms. The van der Waals surface area contributed by atoms with E-state index in [0.29, 0.717) is 5.13 Å². The van der Waals surface area contributed by atoms with Crippen molar-refractivity contribution in [3.63, 3.8) is 0 Å². The molecule has 0 aliphatic rings. The molecule has 6 nitrogen and oxygen atoms in total. The van der Waals surface area contributed by atoms with Crippen LogP contribution in [0, 0.1) is 0 Å². The van der Waals surface area contributed by atoms with Crippen molar-refractivity contribution in [1.82, 2.24) is 15.5 Å². The predicted molar refractivity (Wildman–Crippen MR) is 150 cm³/mol. The minimum atomic E-state index is -0.212. The summed E-state index contributed by atoms with van der Waals surface area (Å²) in [5, 5.41) is 15.5. The van der Waals surface area contributed by atoms with E-state index in [4.69, 9.17) is 4.74 Å². The van der Waals surface area contributed by atoms with E-state index in [0.717, 1.165) is 32.7 Å². The third-order valence-electron chi connectivity index (χ3n) is 5.39. The molecule has 1 amide bonds. The SMILES string of the molecule is O=C(CSc1nnc(Nc2ccc(Oc3ccccc3)cc2)s1)NC(c1ccccc1)c1ccccc1. The van der Waals surface area contributed by atoms with E-state index >= 15 is 0 Å². The molecule has 1 aromatic heterocycles. The van der Waals surface area contributed by atoms with Crippen LogP contribution in [-0.4, -0.2) is 21.9 Å². The molecule has 0 unspecified atom stereocenters. The van der Waals surface area contributed by atoms with Crippen molar-refractivity contribution in [3.8, 4) is 11.5 Å². The first-order valence-electron chi connectivity index (χ1n) is 11.7. The van der Waals surface area contributed by atoms with Gasteiger partial charge in [0.1, 0.15) is 11.5 Å². The first-order valence-corrected chi connectivity index (χ1v) is 13.5. The number of thioether (sulfide) groups is 1. The number of nitrogens with zero attached hydrogens (tertiary/aromatic N) is 2. The van der Waals surface area contributed by atoms with Crippen molar-refractivity contribution in [2.75, 3.05) is 11.1 Å². The van der Waals surface area contributed by atoms with Crippen molar-refractivity contribution in [2.45, 2.75) is 10.4 Å². The first-order chi connectivity index (χ1) is 18.2. The van der Waals surface area contributed by atoms with Crippen LogP contribution in [0.3, 0.4) is 0 Å². The molecule has 5 aromatic rings. The number of nitrogens with one attached hydrogen (secondary N) is 2. The highest BCUT2D eigenvalue weighted by Crippen LogP contribution is 2.29. The van der Waals surface area contributed by atoms with E-state index in [9.17, 15) is 4.79 Å². The Morgan fingerprint density at radius 3 is 1.95 bits per heavy atom. The fraction of sp³-hybridized carbons (Fsp3) is 0.0690. The molecule has 2 N–H and O–H groups in total. The monoisotopic (exact) mass is 524 g/mol. The molecule has 0 atom stereocenters. The number of benzene rings is 4. The molecule has 184 valence electrons. The first kappa shape index (κ1) is 24.5. The van der Waals surface area contributed by atoms with Gasteiger partial charge in [-0.05, 0) is 47.5 Å². The summed E-state index contributed by atoms with van der Waals surface area (Å²) in [6.07, 6.45) is 0. The fourth-order valence-corrected chi connectivity index (χ4v) is 5.24. The van der Waals surface area contributed by atoms with E-state index in [1.54, 1.807) is 0 Å². The zero-order chi connectivity index (χ0) is 25.3. The number of hydrogen-bond donors (Lipinski definition) is 2. The van der Waals surface area contributed by atoms with Gasteiger partial charge in [-0.25, -0.2) is 0 Å². The molecule has 0 fully saturated rings. The molecule has 0 spiro atoms. The lowest BCUT2D eigenvalue weighted by Gasteiger charge is -2.19. The van der Waals surface area contributed by atoms with Gasteiger partial charge in [-0.1, -0.05) is 102 Å². The van der Waals surface area contributed by atoms with Crippen LogP contribution < -0.4 is 15.4 Å². The Kier molecular flexibility index (Phi) is 8.10. The lowest BCUT2D eigenvalue weighted by Crippen LogP contribution is -2.30. The average Bonchev–Trinajstić information content (AvgIpc) is 3.40. The number of anilines is 2. The molecule has 0 saturated heterocycles. The molecule has 8 heteroatoms. The molecular formula is C29H24N4O2S2. The maximum Gasteiger partial charge on any atom is 0.231 e. The number of para-hydroxylation sites is 1. The minimum Gasteiger partial charge on any atom is -0.457 e. The van der Waals surface area contributed by atoms with E-state index in [1.165, 1.54) is 23.1 Å². The summed E-state index contributed by atoms with van der Waals surface area (Å²) in [4.78, 5) is 12.8. The molecule has 0 aliphatic carbocycles. The number of hydrogen-bond acceptors (Lipinski definition) is 7. The summed E-state index contributed by atoms with van der Waals surface area (Å²) in [6.45, 7) is 0. The van der Waals surface area contributed by atoms with Crippen LogP contribution in [-0.2, 0) is 4.79 Å². The molecule has 5 rings (SSSR count). The van der Waals surface area contributed by atoms with Gasteiger partial charge in [-0.15, -0.1) is 10.2 Å². The summed E-state index contributed by atoms with van der Waals surface area (Å²) in [6, 6.07) is 37.0. The van der Waals surface area contributed by atoms with Crippen molar-refractivity contribution >= 4 is 39.8 Å². The smallest absolute Gasteiger partial charge is 0.231 e. The van der Waals surface area contributed by atoms with Gasteiger partial charge in [0.15, 0.2) is 4.34 Å². The van der Waals surface area contributed by atoms with Crippen LogP contribution in [0.4, 0.5) is 10.8 Å². The Bertz CT molecular complexity index is 1370. The number of ether oxygens (including phenoxy) is 1. The van der Waals surface area contributed by atoms with E-state index in [1.807, 2.05) is 115 Å². The zero-order valence-electron chi connectivity index (χ0n) is 19.8. The van der Waals surface area contributed by atoms with Crippen LogP contribution in [0.5, 0.6) is 11.5 Å². The fourth-order valence-electron chi connectivity index (χ4n) is 3.65. The largest absolute Gasteiger partial charge is 0.457 e. The van der Waals surface area contributed by atoms with Gasteiger partial charge in [0, 0.05) is 5.69 Å². The van der Waals surface area contributed by atoms with Gasteiger partial charge < -0.3 is 15.4 Å². The summed E-state index contributed by atoms with van der Waals surface area (Å²) in [7, 11) is 0. The molecule has 4 aromatic carbocycles. The second-order valence-electron chi connectivity index (χ2n) is 8.05. The quantitative estimate of drug-likeness (QED) is 0.190. The normalized spacial score (nSPS) is 10.7. The highest BCUT2D eigenvalue weighted by molar-refractivity contribution is 8.01. The number of carbonyl (C=O) groups excluding carboxylic acids is 1. The Labute approximate surface area is 223 Å². The minimum absolute atomic E-state index is 0.0681. The predicted octanol–water partition coefficient (Wildman–Crippen LogP) is 7.07. The Morgan fingerprint density at radius 1 is 0.757 bits per heavy atom. The molecule has 1 heterocycles. The van der Waals surface area contributed by atoms with Crippen LogP contribution in [0.2, 0.25) is 0 Å². The van der Waals surface area contributed by atoms with Gasteiger partial charge >= 0.3 is 0 Å². The highest BCUT2D eigenvalue weighted by Gasteiger charge is 2.17. The number of amides is 1. The molecule has 0 saturated carbocycles. The third kappa shape index (κ3) is 6.97. The van der Waals surface area contributed by atoms with Crippen molar-refractivity contribution in [3.05, 3.63) is 126 Å². The number of carbonyl (C=O) groups is 1. The lowest BCUT2D eigenvalue weighted by atomic mass is 9.99. The van der Waals surface area contributed by atoms with E-state index in [2.05, 4.69) is 20.8 Å². The second-order valence-corrected chi connectivity index (χ2v) is 10.2. The van der Waals surface area contributed by atoms with Crippen LogP contribution >= 0.6 is 23.1 Å². The van der Waals surface area contributed by atoms with Crippen molar-refractivity contribution < 1.29 is 9.53 Å². The summed E-state index contributed by atoms with van der Waals surface area (Å²) < 4.78 is 6.55. The highest BCUT2D eigenvalue weighted by atomic mass is 32.2. The number of rotatable bonds is 10. The molecule has 0 aliphatic heterocycles. The van der Waals surface area contributed by atoms with Gasteiger partial charge in [-0.3, -0.25) is 4.79 Å². The Hall–Kier alpha value is -4.14. The zero-order valence-corrected chi connectivity index (χ0v) is 21.4. The standard InChI is InChI=1S/C29H24N4O2S2/c34-26(31-27(21-10-4-1-5-11-21)22-12-6-2-7-13-22)20-36-29-33-32-28(37-29)30-23-16-18-25(19-17-23)35-24-14-8-3-9-15-24/h1-19,27H,20H2,(H,30,32)(H,31,34). The average molecular weight is 525 g/mol. The van der Waals surface area contributed by atoms with E-state index in [-0.39, 0.29) is 17.7 Å².